The monoisotopic (exact) mass is 743 g/mol. The van der Waals surface area contributed by atoms with Gasteiger partial charge in [0.25, 0.3) is 11.8 Å². The number of aromatic nitrogens is 3. The molecule has 4 aromatic carbocycles. The molecule has 0 saturated carbocycles. The van der Waals surface area contributed by atoms with Gasteiger partial charge in [0, 0.05) is 0 Å². The lowest BCUT2D eigenvalue weighted by Gasteiger charge is -2.24. The van der Waals surface area contributed by atoms with Crippen molar-refractivity contribution in [1.82, 2.24) is 19.7 Å². The van der Waals surface area contributed by atoms with Crippen molar-refractivity contribution in [2.24, 2.45) is 0 Å². The first-order valence-electron chi connectivity index (χ1n) is 16.8. The molecule has 16 heteroatoms. The minimum absolute atomic E-state index is 0.128. The second kappa shape index (κ2) is 15.7. The van der Waals surface area contributed by atoms with Gasteiger partial charge in [0.05, 0.1) is 34.0 Å². The molecule has 0 unspecified atom stereocenters. The van der Waals surface area contributed by atoms with Crippen LogP contribution < -0.4 is 11.0 Å². The van der Waals surface area contributed by atoms with Crippen molar-refractivity contribution in [3.63, 3.8) is 0 Å². The summed E-state index contributed by atoms with van der Waals surface area (Å²) in [5.41, 5.74) is -0.283. The summed E-state index contributed by atoms with van der Waals surface area (Å²) in [6.07, 6.45) is -4.91. The number of fused-ring (bicyclic) bond motifs is 1. The zero-order valence-corrected chi connectivity index (χ0v) is 28.6. The molecule has 1 saturated heterocycles. The number of hydrogen-bond acceptors (Lipinski definition) is 13. The van der Waals surface area contributed by atoms with Gasteiger partial charge in [0.1, 0.15) is 19.3 Å². The highest BCUT2D eigenvalue weighted by atomic mass is 16.7. The number of amides is 3. The SMILES string of the molecule is O=C(CN1C(=O)c2ccccc2C1=O)Nc1cnn([C@@H]2O[C@@H](COC(=O)c3ccccc3)[C@H](OC(=O)c3ccccc3)[C@@H]2OC(=O)c2ccccc2)c(=O)n1. The summed E-state index contributed by atoms with van der Waals surface area (Å²) in [4.78, 5) is 96.2. The molecule has 276 valence electrons. The first-order valence-corrected chi connectivity index (χ1v) is 16.8. The molecule has 0 spiro atoms. The average molecular weight is 744 g/mol. The van der Waals surface area contributed by atoms with E-state index in [2.05, 4.69) is 15.4 Å². The van der Waals surface area contributed by atoms with Crippen LogP contribution in [-0.4, -0.2) is 86.8 Å². The standard InChI is InChI=1S/C39H29N5O11/c45-30(21-43-33(46)26-18-10-11-19-27(26)34(43)47)41-29-20-40-44(39(51)42-29)35-32(55-38(50)25-16-8-3-9-17-25)31(54-37(49)24-14-6-2-7-15-24)28(53-35)22-52-36(48)23-12-4-1-5-13-23/h1-20,28,31-32,35H,21-22H2,(H,41,42,45,51)/t28-,31-,32-,35+/m0/s1. The minimum atomic E-state index is -1.59. The van der Waals surface area contributed by atoms with E-state index in [9.17, 15) is 33.6 Å². The molecule has 1 fully saturated rings. The van der Waals surface area contributed by atoms with Crippen LogP contribution >= 0.6 is 0 Å². The number of esters is 3. The average Bonchev–Trinajstić information content (AvgIpc) is 3.66. The third kappa shape index (κ3) is 7.74. The number of benzene rings is 4. The summed E-state index contributed by atoms with van der Waals surface area (Å²) >= 11 is 0. The first kappa shape index (κ1) is 36.0. The zero-order chi connectivity index (χ0) is 38.5. The fraction of sp³-hybridized carbons (Fsp3) is 0.154. The van der Waals surface area contributed by atoms with Gasteiger partial charge < -0.3 is 24.3 Å². The Morgan fingerprint density at radius 2 is 1.15 bits per heavy atom. The number of ether oxygens (including phenoxy) is 4. The largest absolute Gasteiger partial charge is 0.459 e. The van der Waals surface area contributed by atoms with E-state index in [0.717, 1.165) is 11.1 Å². The lowest BCUT2D eigenvalue weighted by Crippen LogP contribution is -2.43. The van der Waals surface area contributed by atoms with Crippen molar-refractivity contribution in [3.05, 3.63) is 160 Å². The van der Waals surface area contributed by atoms with E-state index < -0.39 is 79.0 Å². The Kier molecular flexibility index (Phi) is 10.3. The summed E-state index contributed by atoms with van der Waals surface area (Å²) in [7, 11) is 0. The van der Waals surface area contributed by atoms with Crippen molar-refractivity contribution >= 4 is 41.4 Å². The first-order chi connectivity index (χ1) is 26.7. The van der Waals surface area contributed by atoms with Gasteiger partial charge in [-0.25, -0.2) is 19.2 Å². The quantitative estimate of drug-likeness (QED) is 0.118. The van der Waals surface area contributed by atoms with E-state index in [1.54, 1.807) is 66.7 Å². The molecular weight excluding hydrogens is 714 g/mol. The number of rotatable bonds is 11. The van der Waals surface area contributed by atoms with Gasteiger partial charge in [-0.05, 0) is 48.5 Å². The molecule has 3 amide bonds. The van der Waals surface area contributed by atoms with Crippen LogP contribution in [0, 0.1) is 0 Å². The lowest BCUT2D eigenvalue weighted by atomic mass is 10.1. The van der Waals surface area contributed by atoms with Crippen LogP contribution in [-0.2, 0) is 23.7 Å². The summed E-state index contributed by atoms with van der Waals surface area (Å²) in [5, 5.41) is 6.45. The van der Waals surface area contributed by atoms with Gasteiger partial charge in [-0.1, -0.05) is 66.7 Å². The summed E-state index contributed by atoms with van der Waals surface area (Å²) in [6.45, 7) is -1.18. The summed E-state index contributed by atoms with van der Waals surface area (Å²) in [5.74, 6) is -4.90. The second-order valence-electron chi connectivity index (χ2n) is 12.2. The highest BCUT2D eigenvalue weighted by molar-refractivity contribution is 6.22. The molecule has 16 nitrogen and oxygen atoms in total. The van der Waals surface area contributed by atoms with Crippen molar-refractivity contribution < 1.29 is 47.7 Å². The fourth-order valence-electron chi connectivity index (χ4n) is 5.95. The Hall–Kier alpha value is -7.33. The Bertz CT molecular complexity index is 2300. The molecule has 7 rings (SSSR count). The Labute approximate surface area is 311 Å². The van der Waals surface area contributed by atoms with Gasteiger partial charge in [-0.15, -0.1) is 0 Å². The van der Waals surface area contributed by atoms with E-state index in [1.807, 2.05) is 0 Å². The molecule has 3 heterocycles. The topological polar surface area (TPSA) is 202 Å². The number of anilines is 1. The molecule has 2 aliphatic rings. The molecule has 0 bridgehead atoms. The number of imide groups is 1. The molecule has 0 aliphatic carbocycles. The molecule has 0 radical (unpaired) electrons. The Morgan fingerprint density at radius 1 is 0.655 bits per heavy atom. The highest BCUT2D eigenvalue weighted by Gasteiger charge is 2.52. The molecule has 4 atom stereocenters. The third-order valence-electron chi connectivity index (χ3n) is 8.58. The predicted molar refractivity (Wildman–Crippen MR) is 189 cm³/mol. The number of hydrogen-bond donors (Lipinski definition) is 1. The normalized spacial score (nSPS) is 18.7. The summed E-state index contributed by atoms with van der Waals surface area (Å²) in [6, 6.07) is 30.0. The van der Waals surface area contributed by atoms with Crippen LogP contribution in [0.25, 0.3) is 0 Å². The predicted octanol–water partition coefficient (Wildman–Crippen LogP) is 3.08. The summed E-state index contributed by atoms with van der Waals surface area (Å²) < 4.78 is 24.1. The fourth-order valence-corrected chi connectivity index (χ4v) is 5.95. The number of nitrogens with one attached hydrogen (secondary N) is 1. The molecule has 1 N–H and O–H groups in total. The molecule has 2 aliphatic heterocycles. The maximum atomic E-state index is 13.5. The molecule has 55 heavy (non-hydrogen) atoms. The second-order valence-corrected chi connectivity index (χ2v) is 12.2. The van der Waals surface area contributed by atoms with Crippen LogP contribution in [0.2, 0.25) is 0 Å². The molecule has 5 aromatic rings. The van der Waals surface area contributed by atoms with Gasteiger partial charge in [-0.3, -0.25) is 19.3 Å². The Balaban J connectivity index is 1.16. The van der Waals surface area contributed by atoms with E-state index in [1.165, 1.54) is 48.5 Å². The van der Waals surface area contributed by atoms with Crippen LogP contribution in [0.4, 0.5) is 5.82 Å². The van der Waals surface area contributed by atoms with Crippen LogP contribution in [0.1, 0.15) is 58.0 Å². The Morgan fingerprint density at radius 3 is 1.67 bits per heavy atom. The van der Waals surface area contributed by atoms with Crippen molar-refractivity contribution in [2.75, 3.05) is 18.5 Å². The van der Waals surface area contributed by atoms with Crippen LogP contribution in [0.3, 0.4) is 0 Å². The van der Waals surface area contributed by atoms with Gasteiger partial charge in [-0.2, -0.15) is 14.8 Å². The maximum Gasteiger partial charge on any atom is 0.368 e. The van der Waals surface area contributed by atoms with Gasteiger partial charge in [0.15, 0.2) is 24.3 Å². The third-order valence-corrected chi connectivity index (χ3v) is 8.58. The zero-order valence-electron chi connectivity index (χ0n) is 28.6. The lowest BCUT2D eigenvalue weighted by molar-refractivity contribution is -0.116. The van der Waals surface area contributed by atoms with Crippen LogP contribution in [0.5, 0.6) is 0 Å². The van der Waals surface area contributed by atoms with E-state index in [4.69, 9.17) is 18.9 Å². The van der Waals surface area contributed by atoms with Crippen molar-refractivity contribution in [1.29, 1.82) is 0 Å². The number of carbonyl (C=O) groups is 6. The van der Waals surface area contributed by atoms with E-state index >= 15 is 0 Å². The maximum absolute atomic E-state index is 13.5. The highest BCUT2D eigenvalue weighted by Crippen LogP contribution is 2.34. The van der Waals surface area contributed by atoms with Gasteiger partial charge in [0.2, 0.25) is 5.91 Å². The number of carbonyl (C=O) groups excluding carboxylic acids is 6. The van der Waals surface area contributed by atoms with E-state index in [-0.39, 0.29) is 33.6 Å². The van der Waals surface area contributed by atoms with E-state index in [0.29, 0.717) is 4.68 Å². The smallest absolute Gasteiger partial charge is 0.368 e. The van der Waals surface area contributed by atoms with Gasteiger partial charge >= 0.3 is 23.6 Å². The minimum Gasteiger partial charge on any atom is -0.459 e. The van der Waals surface area contributed by atoms with Crippen LogP contribution in [0.15, 0.2) is 126 Å². The number of nitrogens with zero attached hydrogens (tertiary/aromatic N) is 4. The van der Waals surface area contributed by atoms with Crippen molar-refractivity contribution in [2.45, 2.75) is 24.5 Å². The molecular formula is C39H29N5O11. The molecule has 1 aromatic heterocycles. The van der Waals surface area contributed by atoms with Crippen molar-refractivity contribution in [3.8, 4) is 0 Å².